The van der Waals surface area contributed by atoms with Crippen LogP contribution in [0.1, 0.15) is 12.8 Å². The Hall–Kier alpha value is -3.02. The van der Waals surface area contributed by atoms with Gasteiger partial charge in [-0.3, -0.25) is 0 Å². The van der Waals surface area contributed by atoms with Gasteiger partial charge in [-0.05, 0) is 41.5 Å². The lowest BCUT2D eigenvalue weighted by atomic mass is 9.99. The highest BCUT2D eigenvalue weighted by molar-refractivity contribution is 5.75. The fraction of sp³-hybridized carbons (Fsp3) is 0.357. The molecular formula is C14H13FN6O2. The average molecular weight is 316 g/mol. The van der Waals surface area contributed by atoms with Gasteiger partial charge in [0.2, 0.25) is 0 Å². The van der Waals surface area contributed by atoms with Crippen molar-refractivity contribution in [3.63, 3.8) is 0 Å². The smallest absolute Gasteiger partial charge is 0.323 e. The van der Waals surface area contributed by atoms with Crippen molar-refractivity contribution in [3.8, 4) is 11.8 Å². The zero-order valence-corrected chi connectivity index (χ0v) is 12.1. The number of piperidine rings is 1. The molecule has 1 aliphatic rings. The number of rotatable bonds is 1. The molecule has 1 aliphatic heterocycles. The van der Waals surface area contributed by atoms with E-state index in [2.05, 4.69) is 16.5 Å². The van der Waals surface area contributed by atoms with Gasteiger partial charge < -0.3 is 4.90 Å². The van der Waals surface area contributed by atoms with E-state index in [9.17, 15) is 14.0 Å². The summed E-state index contributed by atoms with van der Waals surface area (Å²) in [5.74, 6) is -0.590. The van der Waals surface area contributed by atoms with Crippen molar-refractivity contribution in [2.75, 3.05) is 13.1 Å². The maximum absolute atomic E-state index is 13.2. The number of carbonyl (C=O) groups excluding carboxylic acids is 1. The second-order valence-electron chi connectivity index (χ2n) is 5.24. The van der Waals surface area contributed by atoms with Crippen LogP contribution in [-0.4, -0.2) is 43.8 Å². The minimum absolute atomic E-state index is 0.0706. The molecular weight excluding hydrogens is 303 g/mol. The Morgan fingerprint density at radius 2 is 2.04 bits per heavy atom. The Morgan fingerprint density at radius 3 is 2.70 bits per heavy atom. The molecule has 1 fully saturated rings. The lowest BCUT2D eigenvalue weighted by molar-refractivity contribution is 0.176. The van der Waals surface area contributed by atoms with Crippen LogP contribution in [0.2, 0.25) is 0 Å². The molecule has 0 radical (unpaired) electrons. The molecule has 23 heavy (non-hydrogen) atoms. The number of amides is 1. The highest BCUT2D eigenvalue weighted by Crippen LogP contribution is 2.16. The molecule has 0 saturated carbocycles. The van der Waals surface area contributed by atoms with Crippen LogP contribution >= 0.6 is 0 Å². The lowest BCUT2D eigenvalue weighted by Crippen LogP contribution is -2.44. The number of carbonyl (C=O) groups is 1. The van der Waals surface area contributed by atoms with Gasteiger partial charge in [-0.15, -0.1) is 4.68 Å². The predicted molar refractivity (Wildman–Crippen MR) is 76.3 cm³/mol. The normalized spacial score (nSPS) is 15.4. The van der Waals surface area contributed by atoms with E-state index < -0.39 is 17.5 Å². The number of tetrazole rings is 1. The van der Waals surface area contributed by atoms with Crippen molar-refractivity contribution < 1.29 is 9.18 Å². The van der Waals surface area contributed by atoms with Gasteiger partial charge in [-0.1, -0.05) is 6.07 Å². The predicted octanol–water partition coefficient (Wildman–Crippen LogP) is 0.772. The van der Waals surface area contributed by atoms with Gasteiger partial charge >= 0.3 is 11.7 Å². The van der Waals surface area contributed by atoms with Crippen LogP contribution in [-0.2, 0) is 0 Å². The summed E-state index contributed by atoms with van der Waals surface area (Å²) < 4.78 is 14.8. The molecule has 3 rings (SSSR count). The molecule has 0 unspecified atom stereocenters. The fourth-order valence-electron chi connectivity index (χ4n) is 2.47. The highest BCUT2D eigenvalue weighted by atomic mass is 19.1. The molecule has 0 bridgehead atoms. The topological polar surface area (TPSA) is 96.8 Å². The number of nitriles is 1. The molecule has 9 heteroatoms. The van der Waals surface area contributed by atoms with Gasteiger partial charge in [0.1, 0.15) is 5.82 Å². The molecule has 118 valence electrons. The fourth-order valence-corrected chi connectivity index (χ4v) is 2.47. The van der Waals surface area contributed by atoms with Crippen molar-refractivity contribution in [3.05, 3.63) is 40.6 Å². The summed E-state index contributed by atoms with van der Waals surface area (Å²) in [4.78, 5) is 26.1. The molecule has 2 heterocycles. The molecule has 8 nitrogen and oxygen atoms in total. The summed E-state index contributed by atoms with van der Waals surface area (Å²) in [5.41, 5.74) is -0.569. The van der Waals surface area contributed by atoms with E-state index in [0.29, 0.717) is 30.6 Å². The molecule has 2 aromatic rings. The lowest BCUT2D eigenvalue weighted by Gasteiger charge is -2.27. The maximum atomic E-state index is 13.2. The SMILES string of the molecule is N#CC1CCN(C(=O)n2nnn(-c3cccc(F)c3)c2=O)CC1. The zero-order chi connectivity index (χ0) is 16.4. The van der Waals surface area contributed by atoms with Crippen molar-refractivity contribution >= 4 is 6.03 Å². The van der Waals surface area contributed by atoms with Crippen LogP contribution in [0.4, 0.5) is 9.18 Å². The minimum atomic E-state index is -0.761. The summed E-state index contributed by atoms with van der Waals surface area (Å²) in [5, 5.41) is 16.1. The van der Waals surface area contributed by atoms with E-state index in [1.54, 1.807) is 0 Å². The van der Waals surface area contributed by atoms with E-state index >= 15 is 0 Å². The number of benzene rings is 1. The molecule has 0 spiro atoms. The number of likely N-dealkylation sites (tertiary alicyclic amines) is 1. The summed E-state index contributed by atoms with van der Waals surface area (Å²) in [6.07, 6.45) is 1.13. The summed E-state index contributed by atoms with van der Waals surface area (Å²) in [6, 6.07) is 6.88. The molecule has 1 saturated heterocycles. The van der Waals surface area contributed by atoms with Crippen LogP contribution in [0, 0.1) is 23.1 Å². The van der Waals surface area contributed by atoms with Crippen molar-refractivity contribution in [1.29, 1.82) is 5.26 Å². The van der Waals surface area contributed by atoms with Crippen LogP contribution in [0.3, 0.4) is 0 Å². The monoisotopic (exact) mass is 316 g/mol. The molecule has 0 atom stereocenters. The number of nitrogens with zero attached hydrogens (tertiary/aromatic N) is 6. The first-order valence-electron chi connectivity index (χ1n) is 7.10. The van der Waals surface area contributed by atoms with E-state index in [1.807, 2.05) is 0 Å². The minimum Gasteiger partial charge on any atom is -0.323 e. The van der Waals surface area contributed by atoms with Gasteiger partial charge in [0.05, 0.1) is 11.8 Å². The molecule has 1 aromatic carbocycles. The Balaban J connectivity index is 1.84. The molecule has 0 N–H and O–H groups in total. The number of hydrogen-bond acceptors (Lipinski definition) is 5. The van der Waals surface area contributed by atoms with E-state index in [4.69, 9.17) is 5.26 Å². The number of halogens is 1. The van der Waals surface area contributed by atoms with Gasteiger partial charge in [0.25, 0.3) is 0 Å². The number of aromatic nitrogens is 4. The van der Waals surface area contributed by atoms with Gasteiger partial charge in [0, 0.05) is 19.0 Å². The third kappa shape index (κ3) is 2.83. The Kier molecular flexibility index (Phi) is 3.89. The quantitative estimate of drug-likeness (QED) is 0.724. The van der Waals surface area contributed by atoms with Gasteiger partial charge in [0.15, 0.2) is 0 Å². The number of hydrogen-bond donors (Lipinski definition) is 0. The van der Waals surface area contributed by atoms with Crippen LogP contribution in [0.5, 0.6) is 0 Å². The van der Waals surface area contributed by atoms with Crippen LogP contribution < -0.4 is 5.69 Å². The van der Waals surface area contributed by atoms with Gasteiger partial charge in [-0.2, -0.15) is 9.94 Å². The first-order chi connectivity index (χ1) is 11.1. The Morgan fingerprint density at radius 1 is 1.30 bits per heavy atom. The third-order valence-electron chi connectivity index (χ3n) is 3.76. The maximum Gasteiger partial charge on any atom is 0.377 e. The second kappa shape index (κ2) is 6.00. The Bertz CT molecular complexity index is 828. The second-order valence-corrected chi connectivity index (χ2v) is 5.24. The summed E-state index contributed by atoms with van der Waals surface area (Å²) >= 11 is 0. The summed E-state index contributed by atoms with van der Waals surface area (Å²) in [6.45, 7) is 0.770. The van der Waals surface area contributed by atoms with E-state index in [-0.39, 0.29) is 11.6 Å². The van der Waals surface area contributed by atoms with Crippen molar-refractivity contribution in [2.45, 2.75) is 12.8 Å². The van der Waals surface area contributed by atoms with Crippen LogP contribution in [0.15, 0.2) is 29.1 Å². The summed E-state index contributed by atoms with van der Waals surface area (Å²) in [7, 11) is 0. The van der Waals surface area contributed by atoms with E-state index in [0.717, 1.165) is 10.7 Å². The van der Waals surface area contributed by atoms with Crippen molar-refractivity contribution in [1.82, 2.24) is 24.7 Å². The molecule has 1 amide bonds. The molecule has 1 aromatic heterocycles. The molecule has 0 aliphatic carbocycles. The first kappa shape index (κ1) is 14.9. The van der Waals surface area contributed by atoms with Crippen LogP contribution in [0.25, 0.3) is 5.69 Å². The highest BCUT2D eigenvalue weighted by Gasteiger charge is 2.26. The third-order valence-corrected chi connectivity index (χ3v) is 3.76. The average Bonchev–Trinajstić information content (AvgIpc) is 2.96. The zero-order valence-electron chi connectivity index (χ0n) is 12.1. The largest absolute Gasteiger partial charge is 0.377 e. The standard InChI is InChI=1S/C14H13FN6O2/c15-11-2-1-3-12(8-11)20-14(23)21(18-17-20)13(22)19-6-4-10(9-16)5-7-19/h1-3,8,10H,4-7H2. The van der Waals surface area contributed by atoms with Crippen molar-refractivity contribution in [2.24, 2.45) is 5.92 Å². The van der Waals surface area contributed by atoms with E-state index in [1.165, 1.54) is 23.1 Å². The first-order valence-corrected chi connectivity index (χ1v) is 7.10. The Labute approximate surface area is 130 Å². The van der Waals surface area contributed by atoms with Gasteiger partial charge in [-0.25, -0.2) is 14.0 Å².